The van der Waals surface area contributed by atoms with Crippen molar-refractivity contribution in [2.75, 3.05) is 0 Å². The second kappa shape index (κ2) is 5.67. The molecule has 0 atom stereocenters. The largest absolute Gasteiger partial charge is 0.0979 e. The molecule has 0 saturated heterocycles. The summed E-state index contributed by atoms with van der Waals surface area (Å²) in [5.74, 6) is 6.17. The van der Waals surface area contributed by atoms with E-state index < -0.39 is 0 Å². The van der Waals surface area contributed by atoms with Gasteiger partial charge in [0.25, 0.3) is 0 Å². The second-order valence-corrected chi connectivity index (χ2v) is 3.24. The summed E-state index contributed by atoms with van der Waals surface area (Å²) in [6, 6.07) is 8.42. The van der Waals surface area contributed by atoms with Crippen LogP contribution in [0.4, 0.5) is 0 Å². The highest BCUT2D eigenvalue weighted by Crippen LogP contribution is 2.08. The van der Waals surface area contributed by atoms with Gasteiger partial charge in [0.2, 0.25) is 0 Å². The predicted molar refractivity (Wildman–Crippen MR) is 56.7 cm³/mol. The van der Waals surface area contributed by atoms with Crippen molar-refractivity contribution in [2.24, 2.45) is 0 Å². The molecule has 1 aromatic rings. The summed E-state index contributed by atoms with van der Waals surface area (Å²) in [5, 5.41) is 0.627. The minimum absolute atomic E-state index is 0.627. The van der Waals surface area contributed by atoms with Gasteiger partial charge in [-0.25, -0.2) is 0 Å². The molecule has 1 aromatic carbocycles. The molecule has 0 amide bonds. The normalized spacial score (nSPS) is 9.08. The number of halogens is 1. The van der Waals surface area contributed by atoms with Crippen molar-refractivity contribution in [3.63, 3.8) is 0 Å². The minimum Gasteiger partial charge on any atom is -0.0979 e. The molecule has 0 unspecified atom stereocenters. The van der Waals surface area contributed by atoms with Crippen molar-refractivity contribution in [2.45, 2.75) is 26.2 Å². The number of rotatable bonds is 2. The van der Waals surface area contributed by atoms with Crippen LogP contribution in [0.1, 0.15) is 31.7 Å². The predicted octanol–water partition coefficient (Wildman–Crippen LogP) is 3.68. The van der Waals surface area contributed by atoms with Gasteiger partial charge in [0, 0.05) is 23.1 Å². The van der Waals surface area contributed by atoms with E-state index >= 15 is 0 Å². The summed E-state index contributed by atoms with van der Waals surface area (Å²) < 4.78 is 0. The van der Waals surface area contributed by atoms with E-state index in [2.05, 4.69) is 24.8 Å². The van der Waals surface area contributed by atoms with Crippen molar-refractivity contribution in [3.05, 3.63) is 34.9 Å². The Morgan fingerprint density at radius 2 is 2.38 bits per heavy atom. The maximum absolute atomic E-state index is 5.76. The fourth-order valence-electron chi connectivity index (χ4n) is 0.945. The molecule has 1 rings (SSSR count). The number of hydrogen-bond donors (Lipinski definition) is 0. The summed E-state index contributed by atoms with van der Waals surface area (Å²) in [6.45, 7) is 2.16. The third-order valence-electron chi connectivity index (χ3n) is 1.65. The lowest BCUT2D eigenvalue weighted by molar-refractivity contribution is 0.828. The van der Waals surface area contributed by atoms with E-state index in [4.69, 9.17) is 11.6 Å². The van der Waals surface area contributed by atoms with E-state index in [9.17, 15) is 0 Å². The zero-order valence-corrected chi connectivity index (χ0v) is 8.49. The van der Waals surface area contributed by atoms with E-state index in [1.54, 1.807) is 6.07 Å². The number of unbranched alkanes of at least 4 members (excludes halogenated alkanes) is 2. The first kappa shape index (κ1) is 10.2. The summed E-state index contributed by atoms with van der Waals surface area (Å²) in [5.41, 5.74) is 0.972. The fraction of sp³-hybridized carbons (Fsp3) is 0.333. The van der Waals surface area contributed by atoms with Crippen LogP contribution in [0.15, 0.2) is 18.2 Å². The molecular formula is C12H12Cl. The lowest BCUT2D eigenvalue weighted by Gasteiger charge is -1.90. The molecule has 0 N–H and O–H groups in total. The Morgan fingerprint density at radius 1 is 1.54 bits per heavy atom. The monoisotopic (exact) mass is 191 g/mol. The zero-order valence-electron chi connectivity index (χ0n) is 7.73. The van der Waals surface area contributed by atoms with Crippen molar-refractivity contribution >= 4 is 11.6 Å². The van der Waals surface area contributed by atoms with E-state index in [0.29, 0.717) is 5.02 Å². The average molecular weight is 192 g/mol. The highest BCUT2D eigenvalue weighted by molar-refractivity contribution is 6.30. The van der Waals surface area contributed by atoms with Gasteiger partial charge in [-0.3, -0.25) is 0 Å². The van der Waals surface area contributed by atoms with Crippen LogP contribution >= 0.6 is 11.6 Å². The van der Waals surface area contributed by atoms with Gasteiger partial charge in [-0.2, -0.15) is 0 Å². The van der Waals surface area contributed by atoms with Crippen molar-refractivity contribution in [3.8, 4) is 11.8 Å². The van der Waals surface area contributed by atoms with Crippen molar-refractivity contribution in [1.29, 1.82) is 0 Å². The molecule has 0 aliphatic heterocycles. The Labute approximate surface area is 84.9 Å². The molecule has 0 spiro atoms. The molecule has 0 aliphatic carbocycles. The molecular weight excluding hydrogens is 180 g/mol. The highest BCUT2D eigenvalue weighted by Gasteiger charge is 1.88. The van der Waals surface area contributed by atoms with Crippen LogP contribution in [-0.2, 0) is 0 Å². The van der Waals surface area contributed by atoms with Gasteiger partial charge >= 0.3 is 0 Å². The van der Waals surface area contributed by atoms with E-state index in [0.717, 1.165) is 12.0 Å². The molecule has 0 heterocycles. The Morgan fingerprint density at radius 3 is 3.08 bits per heavy atom. The molecule has 67 valence electrons. The SMILES string of the molecule is CCCCC#Cc1cc[c]c(Cl)c1. The standard InChI is InChI=1S/C12H12Cl/c1-2-3-4-5-7-11-8-6-9-12(13)10-11/h6,8,10H,2-4H2,1H3. The van der Waals surface area contributed by atoms with E-state index in [-0.39, 0.29) is 0 Å². The van der Waals surface area contributed by atoms with Crippen LogP contribution in [0, 0.1) is 17.9 Å². The van der Waals surface area contributed by atoms with Gasteiger partial charge in [0.15, 0.2) is 0 Å². The first-order chi connectivity index (χ1) is 6.33. The molecule has 0 bridgehead atoms. The summed E-state index contributed by atoms with van der Waals surface area (Å²) in [4.78, 5) is 0. The van der Waals surface area contributed by atoms with Gasteiger partial charge in [0.1, 0.15) is 0 Å². The quantitative estimate of drug-likeness (QED) is 0.494. The van der Waals surface area contributed by atoms with Gasteiger partial charge in [-0.05, 0) is 18.6 Å². The van der Waals surface area contributed by atoms with Crippen molar-refractivity contribution < 1.29 is 0 Å². The second-order valence-electron chi connectivity index (χ2n) is 2.83. The van der Waals surface area contributed by atoms with Crippen LogP contribution in [0.2, 0.25) is 5.02 Å². The topological polar surface area (TPSA) is 0 Å². The number of benzene rings is 1. The van der Waals surface area contributed by atoms with Crippen LogP contribution in [0.25, 0.3) is 0 Å². The molecule has 0 saturated carbocycles. The number of hydrogen-bond acceptors (Lipinski definition) is 0. The smallest absolute Gasteiger partial charge is 0.0497 e. The molecule has 0 aliphatic rings. The maximum Gasteiger partial charge on any atom is 0.0497 e. The molecule has 0 nitrogen and oxygen atoms in total. The van der Waals surface area contributed by atoms with Gasteiger partial charge in [-0.1, -0.05) is 42.9 Å². The maximum atomic E-state index is 5.76. The fourth-order valence-corrected chi connectivity index (χ4v) is 1.13. The molecule has 1 radical (unpaired) electrons. The summed E-state index contributed by atoms with van der Waals surface area (Å²) in [6.07, 6.45) is 3.32. The van der Waals surface area contributed by atoms with Gasteiger partial charge in [0.05, 0.1) is 0 Å². The zero-order chi connectivity index (χ0) is 9.52. The lowest BCUT2D eigenvalue weighted by Crippen LogP contribution is -1.74. The summed E-state index contributed by atoms with van der Waals surface area (Å²) in [7, 11) is 0. The molecule has 1 heteroatoms. The molecule has 0 aromatic heterocycles. The highest BCUT2D eigenvalue weighted by atomic mass is 35.5. The lowest BCUT2D eigenvalue weighted by atomic mass is 10.2. The molecule has 0 fully saturated rings. The Hall–Kier alpha value is -0.930. The van der Waals surface area contributed by atoms with Gasteiger partial charge < -0.3 is 0 Å². The first-order valence-corrected chi connectivity index (χ1v) is 4.87. The minimum atomic E-state index is 0.627. The molecule has 13 heavy (non-hydrogen) atoms. The third kappa shape index (κ3) is 4.01. The van der Waals surface area contributed by atoms with Crippen LogP contribution in [0.5, 0.6) is 0 Å². The summed E-state index contributed by atoms with van der Waals surface area (Å²) >= 11 is 5.76. The Kier molecular flexibility index (Phi) is 4.43. The van der Waals surface area contributed by atoms with Crippen LogP contribution in [-0.4, -0.2) is 0 Å². The third-order valence-corrected chi connectivity index (χ3v) is 1.87. The average Bonchev–Trinajstić information content (AvgIpc) is 2.13. The van der Waals surface area contributed by atoms with Crippen LogP contribution in [0.3, 0.4) is 0 Å². The first-order valence-electron chi connectivity index (χ1n) is 4.49. The van der Waals surface area contributed by atoms with Crippen molar-refractivity contribution in [1.82, 2.24) is 0 Å². The Balaban J connectivity index is 2.56. The van der Waals surface area contributed by atoms with E-state index in [1.807, 2.05) is 12.1 Å². The van der Waals surface area contributed by atoms with Crippen LogP contribution < -0.4 is 0 Å². The van der Waals surface area contributed by atoms with Gasteiger partial charge in [-0.15, -0.1) is 0 Å². The Bertz CT molecular complexity index is 317. The van der Waals surface area contributed by atoms with E-state index in [1.165, 1.54) is 12.8 Å².